The number of carbonyl (C=O) groups excluding carboxylic acids is 1. The van der Waals surface area contributed by atoms with Gasteiger partial charge in [-0.2, -0.15) is 5.10 Å². The smallest absolute Gasteiger partial charge is 0.271 e. The second-order valence-electron chi connectivity index (χ2n) is 4.68. The van der Waals surface area contributed by atoms with E-state index < -0.39 is 0 Å². The Morgan fingerprint density at radius 3 is 3.00 bits per heavy atom. The highest BCUT2D eigenvalue weighted by atomic mass is 32.1. The number of thiazole rings is 1. The molecule has 7 heteroatoms. The number of benzene rings is 2. The summed E-state index contributed by atoms with van der Waals surface area (Å²) in [6.07, 6.45) is 1.54. The average molecular weight is 326 g/mol. The fraction of sp³-hybridized carbons (Fsp3) is 0.0625. The quantitative estimate of drug-likeness (QED) is 0.570. The second kappa shape index (κ2) is 6.45. The van der Waals surface area contributed by atoms with Crippen LogP contribution in [0, 0.1) is 0 Å². The maximum Gasteiger partial charge on any atom is 0.271 e. The molecule has 1 aromatic heterocycles. The van der Waals surface area contributed by atoms with Crippen molar-refractivity contribution in [1.82, 2.24) is 10.4 Å². The lowest BCUT2D eigenvalue weighted by Crippen LogP contribution is -2.17. The first-order chi connectivity index (χ1) is 11.2. The number of nitrogen functional groups attached to an aromatic ring is 1. The number of nitrogens with zero attached hydrogens (tertiary/aromatic N) is 2. The molecule has 0 radical (unpaired) electrons. The van der Waals surface area contributed by atoms with Gasteiger partial charge in [0.25, 0.3) is 5.91 Å². The third-order valence-corrected chi connectivity index (χ3v) is 4.02. The number of aromatic nitrogens is 1. The topological polar surface area (TPSA) is 89.6 Å². The normalized spacial score (nSPS) is 11.0. The van der Waals surface area contributed by atoms with E-state index >= 15 is 0 Å². The van der Waals surface area contributed by atoms with Gasteiger partial charge in [0, 0.05) is 11.1 Å². The SMILES string of the molecule is COc1ccccc1/C=N\NC(=O)c1ccc2nc(N)sc2c1. The van der Waals surface area contributed by atoms with Crippen molar-refractivity contribution in [3.8, 4) is 5.75 Å². The minimum Gasteiger partial charge on any atom is -0.496 e. The van der Waals surface area contributed by atoms with Crippen LogP contribution in [-0.4, -0.2) is 24.2 Å². The maximum atomic E-state index is 12.1. The van der Waals surface area contributed by atoms with Gasteiger partial charge in [-0.25, -0.2) is 10.4 Å². The van der Waals surface area contributed by atoms with Gasteiger partial charge in [-0.1, -0.05) is 23.5 Å². The molecular formula is C16H14N4O2S. The number of rotatable bonds is 4. The number of hydrogen-bond donors (Lipinski definition) is 2. The Morgan fingerprint density at radius 1 is 1.35 bits per heavy atom. The summed E-state index contributed by atoms with van der Waals surface area (Å²) in [7, 11) is 1.58. The van der Waals surface area contributed by atoms with Crippen LogP contribution in [-0.2, 0) is 0 Å². The Morgan fingerprint density at radius 2 is 2.17 bits per heavy atom. The third kappa shape index (κ3) is 3.29. The molecule has 0 aliphatic heterocycles. The van der Waals surface area contributed by atoms with Crippen molar-refractivity contribution in [3.63, 3.8) is 0 Å². The number of fused-ring (bicyclic) bond motifs is 1. The first-order valence-corrected chi connectivity index (χ1v) is 7.61. The molecule has 0 unspecified atom stereocenters. The number of methoxy groups -OCH3 is 1. The molecule has 6 nitrogen and oxygen atoms in total. The van der Waals surface area contributed by atoms with Gasteiger partial charge in [0.1, 0.15) is 5.75 Å². The molecule has 3 aromatic rings. The van der Waals surface area contributed by atoms with E-state index in [1.807, 2.05) is 24.3 Å². The molecule has 0 saturated carbocycles. The summed E-state index contributed by atoms with van der Waals surface area (Å²) in [6, 6.07) is 12.6. The van der Waals surface area contributed by atoms with Gasteiger partial charge in [-0.3, -0.25) is 4.79 Å². The molecular weight excluding hydrogens is 312 g/mol. The molecule has 0 fully saturated rings. The molecule has 116 valence electrons. The maximum absolute atomic E-state index is 12.1. The lowest BCUT2D eigenvalue weighted by atomic mass is 10.2. The Balaban J connectivity index is 1.74. The first-order valence-electron chi connectivity index (χ1n) is 6.80. The lowest BCUT2D eigenvalue weighted by molar-refractivity contribution is 0.0955. The molecule has 1 amide bonds. The van der Waals surface area contributed by atoms with E-state index in [4.69, 9.17) is 10.5 Å². The van der Waals surface area contributed by atoms with Gasteiger partial charge < -0.3 is 10.5 Å². The van der Waals surface area contributed by atoms with Crippen LogP contribution in [0.4, 0.5) is 5.13 Å². The number of ether oxygens (including phenoxy) is 1. The molecule has 23 heavy (non-hydrogen) atoms. The van der Waals surface area contributed by atoms with Gasteiger partial charge in [0.05, 0.1) is 23.5 Å². The summed E-state index contributed by atoms with van der Waals surface area (Å²) in [5.74, 6) is 0.386. The van der Waals surface area contributed by atoms with Gasteiger partial charge in [-0.15, -0.1) is 0 Å². The highest BCUT2D eigenvalue weighted by Crippen LogP contribution is 2.24. The number of nitrogens with one attached hydrogen (secondary N) is 1. The van der Waals surface area contributed by atoms with E-state index in [2.05, 4.69) is 15.5 Å². The minimum absolute atomic E-state index is 0.301. The summed E-state index contributed by atoms with van der Waals surface area (Å²) in [5, 5.41) is 4.45. The van der Waals surface area contributed by atoms with E-state index in [-0.39, 0.29) is 5.91 Å². The van der Waals surface area contributed by atoms with Crippen molar-refractivity contribution in [2.45, 2.75) is 0 Å². The number of carbonyl (C=O) groups is 1. The number of amides is 1. The van der Waals surface area contributed by atoms with Gasteiger partial charge in [0.2, 0.25) is 0 Å². The third-order valence-electron chi connectivity index (χ3n) is 3.18. The van der Waals surface area contributed by atoms with Crippen LogP contribution in [0.15, 0.2) is 47.6 Å². The predicted octanol–water partition coefficient (Wildman–Crippen LogP) is 2.65. The van der Waals surface area contributed by atoms with Crippen molar-refractivity contribution >= 4 is 38.8 Å². The van der Waals surface area contributed by atoms with Crippen LogP contribution in [0.5, 0.6) is 5.75 Å². The summed E-state index contributed by atoms with van der Waals surface area (Å²) in [4.78, 5) is 16.3. The Hall–Kier alpha value is -2.93. The number of hydrazone groups is 1. The first kappa shape index (κ1) is 15.0. The van der Waals surface area contributed by atoms with E-state index in [1.54, 1.807) is 31.5 Å². The highest BCUT2D eigenvalue weighted by molar-refractivity contribution is 7.22. The highest BCUT2D eigenvalue weighted by Gasteiger charge is 2.08. The van der Waals surface area contributed by atoms with E-state index in [0.29, 0.717) is 16.4 Å². The largest absolute Gasteiger partial charge is 0.496 e. The van der Waals surface area contributed by atoms with Crippen LogP contribution in [0.1, 0.15) is 15.9 Å². The Bertz CT molecular complexity index is 889. The fourth-order valence-electron chi connectivity index (χ4n) is 2.08. The van der Waals surface area contributed by atoms with Gasteiger partial charge in [0.15, 0.2) is 5.13 Å². The fourth-order valence-corrected chi connectivity index (χ4v) is 2.86. The zero-order valence-corrected chi connectivity index (χ0v) is 13.1. The standard InChI is InChI=1S/C16H14N4O2S/c1-22-13-5-3-2-4-11(13)9-18-20-15(21)10-6-7-12-14(8-10)23-16(17)19-12/h2-9H,1H3,(H2,17,19)(H,20,21)/b18-9-. The molecule has 0 bridgehead atoms. The molecule has 3 rings (SSSR count). The zero-order valence-electron chi connectivity index (χ0n) is 12.3. The van der Waals surface area contributed by atoms with Crippen LogP contribution in [0.25, 0.3) is 10.2 Å². The van der Waals surface area contributed by atoms with Crippen molar-refractivity contribution < 1.29 is 9.53 Å². The Kier molecular flexibility index (Phi) is 4.20. The van der Waals surface area contributed by atoms with E-state index in [0.717, 1.165) is 15.8 Å². The number of hydrogen-bond acceptors (Lipinski definition) is 6. The van der Waals surface area contributed by atoms with Gasteiger partial charge in [-0.05, 0) is 30.3 Å². The summed E-state index contributed by atoms with van der Waals surface area (Å²) in [6.45, 7) is 0. The van der Waals surface area contributed by atoms with Crippen molar-refractivity contribution in [3.05, 3.63) is 53.6 Å². The summed E-state index contributed by atoms with van der Waals surface area (Å²) < 4.78 is 6.08. The Labute approximate surface area is 136 Å². The summed E-state index contributed by atoms with van der Waals surface area (Å²) >= 11 is 1.34. The monoisotopic (exact) mass is 326 g/mol. The molecule has 0 saturated heterocycles. The molecule has 0 aliphatic carbocycles. The molecule has 2 aromatic carbocycles. The zero-order chi connectivity index (χ0) is 16.2. The minimum atomic E-state index is -0.301. The molecule has 0 aliphatic rings. The van der Waals surface area contributed by atoms with E-state index in [9.17, 15) is 4.79 Å². The summed E-state index contributed by atoms with van der Waals surface area (Å²) in [5.41, 5.74) is 10.2. The number of para-hydroxylation sites is 1. The van der Waals surface area contributed by atoms with Crippen LogP contribution in [0.2, 0.25) is 0 Å². The van der Waals surface area contributed by atoms with Gasteiger partial charge >= 0.3 is 0 Å². The van der Waals surface area contributed by atoms with E-state index in [1.165, 1.54) is 11.3 Å². The van der Waals surface area contributed by atoms with Crippen LogP contribution in [0.3, 0.4) is 0 Å². The predicted molar refractivity (Wildman–Crippen MR) is 92.1 cm³/mol. The number of nitrogens with two attached hydrogens (primary N) is 1. The van der Waals surface area contributed by atoms with Crippen molar-refractivity contribution in [1.29, 1.82) is 0 Å². The van der Waals surface area contributed by atoms with Crippen LogP contribution < -0.4 is 15.9 Å². The molecule has 0 spiro atoms. The lowest BCUT2D eigenvalue weighted by Gasteiger charge is -2.03. The van der Waals surface area contributed by atoms with Crippen molar-refractivity contribution in [2.75, 3.05) is 12.8 Å². The van der Waals surface area contributed by atoms with Crippen LogP contribution >= 0.6 is 11.3 Å². The average Bonchev–Trinajstić information content (AvgIpc) is 2.94. The molecule has 0 atom stereocenters. The molecule has 1 heterocycles. The second-order valence-corrected chi connectivity index (χ2v) is 5.74. The van der Waals surface area contributed by atoms with Crippen molar-refractivity contribution in [2.24, 2.45) is 5.10 Å². The molecule has 3 N–H and O–H groups in total. The number of anilines is 1.